The Hall–Kier alpha value is -3.38. The molecule has 0 aliphatic rings. The van der Waals surface area contributed by atoms with Crippen LogP contribution in [0.25, 0.3) is 0 Å². The van der Waals surface area contributed by atoms with Gasteiger partial charge >= 0.3 is 0 Å². The number of rotatable bonds is 7. The first-order chi connectivity index (χ1) is 15.1. The molecule has 0 radical (unpaired) electrons. The van der Waals surface area contributed by atoms with Gasteiger partial charge in [-0.1, -0.05) is 76.6 Å². The van der Waals surface area contributed by atoms with E-state index in [1.54, 1.807) is 10.9 Å². The van der Waals surface area contributed by atoms with Crippen LogP contribution >= 0.6 is 15.9 Å². The first-order valence-electron chi connectivity index (χ1n) is 9.94. The number of carbonyl (C=O) groups excluding carboxylic acids is 1. The SMILES string of the molecule is Cc1cc(Br)ccc1NC(=O)c1cn(Cc2ccccc2)nc1OCc1ccccc1. The van der Waals surface area contributed by atoms with Gasteiger partial charge in [-0.05, 0) is 41.8 Å². The van der Waals surface area contributed by atoms with Gasteiger partial charge in [-0.25, -0.2) is 0 Å². The van der Waals surface area contributed by atoms with Gasteiger partial charge in [-0.3, -0.25) is 9.48 Å². The number of benzene rings is 3. The van der Waals surface area contributed by atoms with Crippen LogP contribution in [0.1, 0.15) is 27.0 Å². The molecule has 5 nitrogen and oxygen atoms in total. The summed E-state index contributed by atoms with van der Waals surface area (Å²) in [6.45, 7) is 2.83. The highest BCUT2D eigenvalue weighted by atomic mass is 79.9. The number of aryl methyl sites for hydroxylation is 1. The van der Waals surface area contributed by atoms with E-state index in [1.165, 1.54) is 0 Å². The molecule has 156 valence electrons. The van der Waals surface area contributed by atoms with E-state index in [0.717, 1.165) is 26.9 Å². The van der Waals surface area contributed by atoms with Gasteiger partial charge in [0.05, 0.1) is 6.54 Å². The Morgan fingerprint density at radius 1 is 1.00 bits per heavy atom. The first-order valence-corrected chi connectivity index (χ1v) is 10.7. The molecule has 4 rings (SSSR count). The minimum absolute atomic E-state index is 0.257. The van der Waals surface area contributed by atoms with Crippen molar-refractivity contribution in [2.75, 3.05) is 5.32 Å². The lowest BCUT2D eigenvalue weighted by atomic mass is 10.2. The lowest BCUT2D eigenvalue weighted by Crippen LogP contribution is -2.13. The highest BCUT2D eigenvalue weighted by molar-refractivity contribution is 9.10. The van der Waals surface area contributed by atoms with Gasteiger partial charge in [0.25, 0.3) is 5.91 Å². The van der Waals surface area contributed by atoms with Gasteiger partial charge in [0.1, 0.15) is 12.2 Å². The van der Waals surface area contributed by atoms with Crippen LogP contribution in [0.5, 0.6) is 5.88 Å². The van der Waals surface area contributed by atoms with E-state index in [1.807, 2.05) is 85.8 Å². The van der Waals surface area contributed by atoms with Gasteiger partial charge in [-0.2, -0.15) is 0 Å². The Kier molecular flexibility index (Phi) is 6.48. The molecule has 0 bridgehead atoms. The summed E-state index contributed by atoms with van der Waals surface area (Å²) < 4.78 is 8.65. The number of ether oxygens (including phenoxy) is 1. The number of hydrogen-bond acceptors (Lipinski definition) is 3. The third-order valence-electron chi connectivity index (χ3n) is 4.81. The van der Waals surface area contributed by atoms with Crippen LogP contribution in [0, 0.1) is 6.92 Å². The molecule has 0 atom stereocenters. The number of amides is 1. The number of nitrogens with zero attached hydrogens (tertiary/aromatic N) is 2. The summed E-state index contributed by atoms with van der Waals surface area (Å²) in [5, 5.41) is 7.52. The Morgan fingerprint density at radius 3 is 2.35 bits per heavy atom. The van der Waals surface area contributed by atoms with Crippen LogP contribution < -0.4 is 10.1 Å². The van der Waals surface area contributed by atoms with Crippen molar-refractivity contribution in [1.29, 1.82) is 0 Å². The molecular weight excluding hydrogens is 454 g/mol. The van der Waals surface area contributed by atoms with E-state index in [4.69, 9.17) is 4.74 Å². The Labute approximate surface area is 189 Å². The maximum Gasteiger partial charge on any atom is 0.262 e. The van der Waals surface area contributed by atoms with Gasteiger partial charge in [0.15, 0.2) is 0 Å². The highest BCUT2D eigenvalue weighted by Crippen LogP contribution is 2.24. The molecule has 6 heteroatoms. The smallest absolute Gasteiger partial charge is 0.262 e. The maximum absolute atomic E-state index is 13.1. The monoisotopic (exact) mass is 475 g/mol. The van der Waals surface area contributed by atoms with Crippen LogP contribution in [0.15, 0.2) is 89.5 Å². The zero-order valence-electron chi connectivity index (χ0n) is 17.1. The number of carbonyl (C=O) groups is 1. The third-order valence-corrected chi connectivity index (χ3v) is 5.31. The molecule has 3 aromatic carbocycles. The van der Waals surface area contributed by atoms with Crippen LogP contribution in [0.3, 0.4) is 0 Å². The molecule has 0 aliphatic heterocycles. The Morgan fingerprint density at radius 2 is 1.68 bits per heavy atom. The third kappa shape index (κ3) is 5.41. The van der Waals surface area contributed by atoms with E-state index >= 15 is 0 Å². The molecule has 1 aromatic heterocycles. The van der Waals surface area contributed by atoms with Crippen LogP contribution in [0.4, 0.5) is 5.69 Å². The fraction of sp³-hybridized carbons (Fsp3) is 0.120. The lowest BCUT2D eigenvalue weighted by molar-refractivity contribution is 0.102. The average molecular weight is 476 g/mol. The molecule has 1 amide bonds. The minimum Gasteiger partial charge on any atom is -0.471 e. The molecule has 0 saturated heterocycles. The summed E-state index contributed by atoms with van der Waals surface area (Å²) in [5.74, 6) is 0.0554. The van der Waals surface area contributed by atoms with Gasteiger partial charge in [0, 0.05) is 16.4 Å². The van der Waals surface area contributed by atoms with E-state index in [9.17, 15) is 4.79 Å². The summed E-state index contributed by atoms with van der Waals surface area (Å²) in [4.78, 5) is 13.1. The summed E-state index contributed by atoms with van der Waals surface area (Å²) in [7, 11) is 0. The second kappa shape index (κ2) is 9.62. The fourth-order valence-electron chi connectivity index (χ4n) is 3.20. The average Bonchev–Trinajstić information content (AvgIpc) is 3.18. The standard InChI is InChI=1S/C25H22BrN3O2/c1-18-14-21(26)12-13-23(18)27-24(30)22-16-29(15-19-8-4-2-5-9-19)28-25(22)31-17-20-10-6-3-7-11-20/h2-14,16H,15,17H2,1H3,(H,27,30). The quantitative estimate of drug-likeness (QED) is 0.365. The van der Waals surface area contributed by atoms with E-state index in [2.05, 4.69) is 26.3 Å². The number of anilines is 1. The zero-order valence-corrected chi connectivity index (χ0v) is 18.7. The molecule has 31 heavy (non-hydrogen) atoms. The Bertz CT molecular complexity index is 1170. The highest BCUT2D eigenvalue weighted by Gasteiger charge is 2.19. The van der Waals surface area contributed by atoms with Crippen molar-refractivity contribution >= 4 is 27.5 Å². The minimum atomic E-state index is -0.257. The number of hydrogen-bond donors (Lipinski definition) is 1. The van der Waals surface area contributed by atoms with Crippen LogP contribution in [0.2, 0.25) is 0 Å². The molecule has 1 heterocycles. The largest absolute Gasteiger partial charge is 0.471 e. The van der Waals surface area contributed by atoms with Crippen molar-refractivity contribution in [3.05, 3.63) is 112 Å². The van der Waals surface area contributed by atoms with Crippen molar-refractivity contribution in [2.45, 2.75) is 20.1 Å². The second-order valence-electron chi connectivity index (χ2n) is 7.22. The number of aromatic nitrogens is 2. The summed E-state index contributed by atoms with van der Waals surface area (Å²) in [6.07, 6.45) is 1.73. The van der Waals surface area contributed by atoms with Crippen molar-refractivity contribution < 1.29 is 9.53 Å². The van der Waals surface area contributed by atoms with Gasteiger partial charge < -0.3 is 10.1 Å². The second-order valence-corrected chi connectivity index (χ2v) is 8.13. The predicted octanol–water partition coefficient (Wildman–Crippen LogP) is 5.83. The van der Waals surface area contributed by atoms with Crippen LogP contribution in [-0.2, 0) is 13.2 Å². The number of nitrogens with one attached hydrogen (secondary N) is 1. The summed E-state index contributed by atoms with van der Waals surface area (Å²) >= 11 is 3.45. The van der Waals surface area contributed by atoms with Gasteiger partial charge in [0.2, 0.25) is 5.88 Å². The normalized spacial score (nSPS) is 10.6. The molecule has 0 spiro atoms. The van der Waals surface area contributed by atoms with Crippen LogP contribution in [-0.4, -0.2) is 15.7 Å². The molecule has 0 saturated carbocycles. The molecule has 1 N–H and O–H groups in total. The first kappa shape index (κ1) is 20.9. The van der Waals surface area contributed by atoms with Gasteiger partial charge in [-0.15, -0.1) is 5.10 Å². The maximum atomic E-state index is 13.1. The van der Waals surface area contributed by atoms with E-state index in [-0.39, 0.29) is 5.91 Å². The van der Waals surface area contributed by atoms with Crippen molar-refractivity contribution in [2.24, 2.45) is 0 Å². The molecule has 0 aliphatic carbocycles. The summed E-state index contributed by atoms with van der Waals surface area (Å²) in [6, 6.07) is 25.5. The topological polar surface area (TPSA) is 56.2 Å². The van der Waals surface area contributed by atoms with Crippen molar-refractivity contribution in [3.63, 3.8) is 0 Å². The zero-order chi connectivity index (χ0) is 21.6. The van der Waals surface area contributed by atoms with E-state index in [0.29, 0.717) is 24.6 Å². The summed E-state index contributed by atoms with van der Waals surface area (Å²) in [5.41, 5.74) is 4.21. The number of halogens is 1. The Balaban J connectivity index is 1.59. The van der Waals surface area contributed by atoms with Crippen molar-refractivity contribution in [3.8, 4) is 5.88 Å². The molecular formula is C25H22BrN3O2. The molecule has 0 fully saturated rings. The lowest BCUT2D eigenvalue weighted by Gasteiger charge is -2.09. The molecule has 4 aromatic rings. The van der Waals surface area contributed by atoms with E-state index < -0.39 is 0 Å². The fourth-order valence-corrected chi connectivity index (χ4v) is 3.68. The van der Waals surface area contributed by atoms with Crippen molar-refractivity contribution in [1.82, 2.24) is 9.78 Å². The molecule has 0 unspecified atom stereocenters. The predicted molar refractivity (Wildman–Crippen MR) is 125 cm³/mol.